The number of halogens is 1. The number of phenolic OH excluding ortho intramolecular Hbond substituents is 1. The van der Waals surface area contributed by atoms with Gasteiger partial charge in [-0.05, 0) is 46.3 Å². The molecule has 0 aliphatic heterocycles. The van der Waals surface area contributed by atoms with Crippen molar-refractivity contribution in [2.75, 3.05) is 18.2 Å². The minimum atomic E-state index is -0.400. The number of ether oxygens (including phenoxy) is 1. The lowest BCUT2D eigenvalue weighted by molar-refractivity contribution is 0.102. The molecule has 0 heterocycles. The number of nitrogens with two attached hydrogens (primary N) is 1. The smallest absolute Gasteiger partial charge is 0.257 e. The molecule has 6 heteroatoms. The average Bonchev–Trinajstić information content (AvgIpc) is 2.43. The van der Waals surface area contributed by atoms with Crippen LogP contribution in [0.15, 0.2) is 40.9 Å². The first-order valence-corrected chi connectivity index (χ1v) is 6.54. The molecule has 20 heavy (non-hydrogen) atoms. The van der Waals surface area contributed by atoms with Crippen LogP contribution < -0.4 is 15.8 Å². The number of carbonyl (C=O) groups excluding carboxylic acids is 1. The van der Waals surface area contributed by atoms with Crippen LogP contribution in [0, 0.1) is 0 Å². The number of methoxy groups -OCH3 is 1. The minimum Gasteiger partial charge on any atom is -0.508 e. The lowest BCUT2D eigenvalue weighted by atomic mass is 10.1. The Morgan fingerprint density at radius 3 is 2.75 bits per heavy atom. The van der Waals surface area contributed by atoms with Crippen molar-refractivity contribution in [3.63, 3.8) is 0 Å². The average molecular weight is 337 g/mol. The molecule has 0 unspecified atom stereocenters. The molecule has 5 nitrogen and oxygen atoms in total. The van der Waals surface area contributed by atoms with Crippen LogP contribution in [-0.4, -0.2) is 18.1 Å². The minimum absolute atomic E-state index is 0.0160. The van der Waals surface area contributed by atoms with E-state index in [0.717, 1.165) is 4.47 Å². The van der Waals surface area contributed by atoms with E-state index in [1.165, 1.54) is 18.2 Å². The zero-order chi connectivity index (χ0) is 14.7. The van der Waals surface area contributed by atoms with Crippen molar-refractivity contribution in [1.82, 2.24) is 0 Å². The van der Waals surface area contributed by atoms with Gasteiger partial charge >= 0.3 is 0 Å². The fraction of sp³-hybridized carbons (Fsp3) is 0.0714. The van der Waals surface area contributed by atoms with Crippen LogP contribution in [0.3, 0.4) is 0 Å². The van der Waals surface area contributed by atoms with Crippen molar-refractivity contribution in [3.05, 3.63) is 46.4 Å². The van der Waals surface area contributed by atoms with Gasteiger partial charge in [0, 0.05) is 17.4 Å². The molecule has 104 valence electrons. The lowest BCUT2D eigenvalue weighted by Crippen LogP contribution is -2.14. The van der Waals surface area contributed by atoms with Gasteiger partial charge in [-0.15, -0.1) is 0 Å². The molecule has 0 saturated heterocycles. The van der Waals surface area contributed by atoms with E-state index in [0.29, 0.717) is 17.1 Å². The number of nitrogen functional groups attached to an aromatic ring is 1. The predicted octanol–water partition coefficient (Wildman–Crippen LogP) is 3.00. The van der Waals surface area contributed by atoms with Gasteiger partial charge in [-0.25, -0.2) is 0 Å². The second-order valence-corrected chi connectivity index (χ2v) is 4.93. The first kappa shape index (κ1) is 14.2. The molecule has 0 fully saturated rings. The van der Waals surface area contributed by atoms with Gasteiger partial charge in [-0.3, -0.25) is 4.79 Å². The summed E-state index contributed by atoms with van der Waals surface area (Å²) in [5, 5.41) is 12.1. The van der Waals surface area contributed by atoms with Crippen LogP contribution in [0.1, 0.15) is 10.4 Å². The Morgan fingerprint density at radius 2 is 2.05 bits per heavy atom. The molecule has 1 amide bonds. The molecule has 0 bridgehead atoms. The highest BCUT2D eigenvalue weighted by Gasteiger charge is 2.12. The number of hydrogen-bond acceptors (Lipinski definition) is 4. The predicted molar refractivity (Wildman–Crippen MR) is 81.2 cm³/mol. The van der Waals surface area contributed by atoms with Gasteiger partial charge in [0.05, 0.1) is 17.1 Å². The van der Waals surface area contributed by atoms with Gasteiger partial charge in [0.1, 0.15) is 11.5 Å². The summed E-state index contributed by atoms with van der Waals surface area (Å²) in [5.74, 6) is 0.187. The Labute approximate surface area is 124 Å². The molecule has 0 aliphatic rings. The maximum atomic E-state index is 12.1. The molecule has 2 aromatic carbocycles. The summed E-state index contributed by atoms with van der Waals surface area (Å²) < 4.78 is 5.94. The van der Waals surface area contributed by atoms with Crippen molar-refractivity contribution in [2.45, 2.75) is 0 Å². The monoisotopic (exact) mass is 336 g/mol. The number of carbonyl (C=O) groups is 1. The molecule has 0 spiro atoms. The zero-order valence-corrected chi connectivity index (χ0v) is 12.3. The molecule has 2 rings (SSSR count). The molecule has 0 aliphatic carbocycles. The van der Waals surface area contributed by atoms with E-state index in [-0.39, 0.29) is 11.3 Å². The number of aromatic hydroxyl groups is 1. The van der Waals surface area contributed by atoms with Crippen LogP contribution in [0.25, 0.3) is 0 Å². The number of anilines is 2. The Balaban J connectivity index is 2.25. The number of rotatable bonds is 3. The van der Waals surface area contributed by atoms with Crippen LogP contribution in [0.4, 0.5) is 11.4 Å². The van der Waals surface area contributed by atoms with Gasteiger partial charge < -0.3 is 20.9 Å². The summed E-state index contributed by atoms with van der Waals surface area (Å²) >= 11 is 3.33. The van der Waals surface area contributed by atoms with Crippen molar-refractivity contribution >= 4 is 33.2 Å². The zero-order valence-electron chi connectivity index (χ0n) is 10.7. The molecule has 0 aromatic heterocycles. The standard InChI is InChI=1S/C14H13BrN2O3/c1-20-13-6-8(2-4-11(13)15)17-14(19)10-7-9(18)3-5-12(10)16/h2-7,18H,16H2,1H3,(H,17,19). The third kappa shape index (κ3) is 3.03. The summed E-state index contributed by atoms with van der Waals surface area (Å²) in [6.45, 7) is 0. The van der Waals surface area contributed by atoms with E-state index in [9.17, 15) is 9.90 Å². The third-order valence-electron chi connectivity index (χ3n) is 2.69. The third-order valence-corrected chi connectivity index (χ3v) is 3.35. The van der Waals surface area contributed by atoms with E-state index < -0.39 is 5.91 Å². The summed E-state index contributed by atoms with van der Waals surface area (Å²) in [5.41, 5.74) is 6.80. The SMILES string of the molecule is COc1cc(NC(=O)c2cc(O)ccc2N)ccc1Br. The topological polar surface area (TPSA) is 84.6 Å². The van der Waals surface area contributed by atoms with Crippen LogP contribution in [0.5, 0.6) is 11.5 Å². The summed E-state index contributed by atoms with van der Waals surface area (Å²) in [7, 11) is 1.54. The number of benzene rings is 2. The maximum Gasteiger partial charge on any atom is 0.257 e. The molecule has 0 saturated carbocycles. The van der Waals surface area contributed by atoms with Gasteiger partial charge in [0.15, 0.2) is 0 Å². The van der Waals surface area contributed by atoms with Gasteiger partial charge in [0.25, 0.3) is 5.91 Å². The molecule has 0 radical (unpaired) electrons. The Morgan fingerprint density at radius 1 is 1.30 bits per heavy atom. The number of amides is 1. The van der Waals surface area contributed by atoms with Crippen molar-refractivity contribution in [2.24, 2.45) is 0 Å². The van der Waals surface area contributed by atoms with Crippen LogP contribution in [-0.2, 0) is 0 Å². The second kappa shape index (κ2) is 5.83. The van der Waals surface area contributed by atoms with Gasteiger partial charge in [-0.2, -0.15) is 0 Å². The van der Waals surface area contributed by atoms with Crippen molar-refractivity contribution < 1.29 is 14.6 Å². The molecular weight excluding hydrogens is 324 g/mol. The highest BCUT2D eigenvalue weighted by Crippen LogP contribution is 2.28. The normalized spacial score (nSPS) is 10.1. The first-order valence-electron chi connectivity index (χ1n) is 5.74. The molecular formula is C14H13BrN2O3. The van der Waals surface area contributed by atoms with E-state index in [1.807, 2.05) is 0 Å². The number of hydrogen-bond donors (Lipinski definition) is 3. The van der Waals surface area contributed by atoms with E-state index >= 15 is 0 Å². The van der Waals surface area contributed by atoms with Crippen LogP contribution >= 0.6 is 15.9 Å². The summed E-state index contributed by atoms with van der Waals surface area (Å²) in [6.07, 6.45) is 0. The van der Waals surface area contributed by atoms with E-state index in [2.05, 4.69) is 21.2 Å². The number of phenols is 1. The highest BCUT2D eigenvalue weighted by molar-refractivity contribution is 9.10. The molecule has 4 N–H and O–H groups in total. The maximum absolute atomic E-state index is 12.1. The highest BCUT2D eigenvalue weighted by atomic mass is 79.9. The Bertz CT molecular complexity index is 659. The number of nitrogens with one attached hydrogen (secondary N) is 1. The van der Waals surface area contributed by atoms with Crippen molar-refractivity contribution in [3.8, 4) is 11.5 Å². The first-order chi connectivity index (χ1) is 9.51. The fourth-order valence-electron chi connectivity index (χ4n) is 1.68. The molecule has 0 atom stereocenters. The quantitative estimate of drug-likeness (QED) is 0.594. The van der Waals surface area contributed by atoms with E-state index in [1.54, 1.807) is 25.3 Å². The Kier molecular flexibility index (Phi) is 4.14. The lowest BCUT2D eigenvalue weighted by Gasteiger charge is -2.10. The summed E-state index contributed by atoms with van der Waals surface area (Å²) in [4.78, 5) is 12.1. The Hall–Kier alpha value is -2.21. The second-order valence-electron chi connectivity index (χ2n) is 4.08. The summed E-state index contributed by atoms with van der Waals surface area (Å²) in [6, 6.07) is 9.40. The van der Waals surface area contributed by atoms with E-state index in [4.69, 9.17) is 10.5 Å². The fourth-order valence-corrected chi connectivity index (χ4v) is 2.09. The van der Waals surface area contributed by atoms with Gasteiger partial charge in [0.2, 0.25) is 0 Å². The van der Waals surface area contributed by atoms with Gasteiger partial charge in [-0.1, -0.05) is 0 Å². The largest absolute Gasteiger partial charge is 0.508 e. The molecule has 2 aromatic rings. The van der Waals surface area contributed by atoms with Crippen LogP contribution in [0.2, 0.25) is 0 Å². The van der Waals surface area contributed by atoms with Crippen molar-refractivity contribution in [1.29, 1.82) is 0 Å².